The third-order valence-electron chi connectivity index (χ3n) is 9.05. The fourth-order valence-electron chi connectivity index (χ4n) is 7.59. The van der Waals surface area contributed by atoms with E-state index in [4.69, 9.17) is 14.2 Å². The summed E-state index contributed by atoms with van der Waals surface area (Å²) in [7, 11) is 1.64. The van der Waals surface area contributed by atoms with E-state index in [0.29, 0.717) is 11.8 Å². The number of ether oxygens (including phenoxy) is 3. The van der Waals surface area contributed by atoms with Gasteiger partial charge in [0, 0.05) is 12.5 Å². The lowest BCUT2D eigenvalue weighted by molar-refractivity contribution is -0.284. The third kappa shape index (κ3) is 5.33. The second-order valence-electron chi connectivity index (χ2n) is 11.8. The molecule has 1 aliphatic heterocycles. The van der Waals surface area contributed by atoms with E-state index in [1.165, 1.54) is 18.9 Å². The Bertz CT molecular complexity index is 1120. The highest BCUT2D eigenvalue weighted by molar-refractivity contribution is 5.77. The third-order valence-corrected chi connectivity index (χ3v) is 9.05. The molecule has 11 nitrogen and oxygen atoms in total. The SMILES string of the molecule is COC(=C1C2CC3CC(C2)CC1C3)c1cccc(OC2(C(=O)O)CC(O)C(NC(C)=O)C(C(O)C(O)CO)O2)c1. The van der Waals surface area contributed by atoms with Crippen LogP contribution in [0.1, 0.15) is 51.0 Å². The molecule has 1 amide bonds. The Morgan fingerprint density at radius 1 is 1.12 bits per heavy atom. The van der Waals surface area contributed by atoms with E-state index in [0.717, 1.165) is 48.8 Å². The number of rotatable bonds is 9. The van der Waals surface area contributed by atoms with E-state index >= 15 is 0 Å². The number of carboxylic acids is 1. The highest BCUT2D eigenvalue weighted by Crippen LogP contribution is 2.58. The van der Waals surface area contributed by atoms with Crippen LogP contribution in [0.2, 0.25) is 0 Å². The Kier molecular flexibility index (Phi) is 8.13. The summed E-state index contributed by atoms with van der Waals surface area (Å²) in [6, 6.07) is 5.57. The van der Waals surface area contributed by atoms with Gasteiger partial charge in [0.15, 0.2) is 0 Å². The molecule has 11 heteroatoms. The van der Waals surface area contributed by atoms with E-state index < -0.39 is 61.1 Å². The molecule has 4 aliphatic carbocycles. The van der Waals surface area contributed by atoms with Gasteiger partial charge in [-0.3, -0.25) is 4.79 Å². The van der Waals surface area contributed by atoms with Gasteiger partial charge in [0.2, 0.25) is 5.91 Å². The molecule has 5 aliphatic rings. The number of carbonyl (C=O) groups excluding carboxylic acids is 1. The second kappa shape index (κ2) is 11.3. The minimum atomic E-state index is -2.46. The van der Waals surface area contributed by atoms with Crippen LogP contribution in [-0.4, -0.2) is 87.4 Å². The van der Waals surface area contributed by atoms with Crippen molar-refractivity contribution in [2.24, 2.45) is 23.7 Å². The molecule has 1 heterocycles. The van der Waals surface area contributed by atoms with Gasteiger partial charge in [-0.1, -0.05) is 12.1 Å². The van der Waals surface area contributed by atoms with Crippen LogP contribution in [0.5, 0.6) is 5.75 Å². The van der Waals surface area contributed by atoms with Crippen molar-refractivity contribution in [2.75, 3.05) is 13.7 Å². The van der Waals surface area contributed by atoms with Crippen molar-refractivity contribution in [3.63, 3.8) is 0 Å². The van der Waals surface area contributed by atoms with Crippen LogP contribution in [0.4, 0.5) is 0 Å². The number of hydrogen-bond acceptors (Lipinski definition) is 9. The molecule has 0 aromatic heterocycles. The largest absolute Gasteiger partial charge is 0.496 e. The summed E-state index contributed by atoms with van der Waals surface area (Å²) in [5, 5.41) is 53.6. The fourth-order valence-corrected chi connectivity index (χ4v) is 7.59. The van der Waals surface area contributed by atoms with Crippen LogP contribution in [-0.2, 0) is 19.1 Å². The number of benzene rings is 1. The van der Waals surface area contributed by atoms with Crippen LogP contribution < -0.4 is 10.1 Å². The lowest BCUT2D eigenvalue weighted by atomic mass is 9.54. The van der Waals surface area contributed by atoms with Crippen LogP contribution in [0, 0.1) is 23.7 Å². The topological polar surface area (TPSA) is 175 Å². The predicted octanol–water partition coefficient (Wildman–Crippen LogP) is 1.03. The molecular weight excluding hydrogens is 522 g/mol. The van der Waals surface area contributed by atoms with Crippen LogP contribution >= 0.6 is 0 Å². The Morgan fingerprint density at radius 2 is 1.77 bits per heavy atom. The summed E-state index contributed by atoms with van der Waals surface area (Å²) in [4.78, 5) is 24.3. The quantitative estimate of drug-likeness (QED) is 0.239. The molecule has 1 aromatic rings. The van der Waals surface area contributed by atoms with Gasteiger partial charge in [0.25, 0.3) is 0 Å². The number of allylic oxidation sites excluding steroid dienone is 1. The Balaban J connectivity index is 1.46. The number of methoxy groups -OCH3 is 1. The molecule has 1 aromatic carbocycles. The number of carbonyl (C=O) groups is 2. The number of hydrogen-bond donors (Lipinski definition) is 6. The minimum absolute atomic E-state index is 0.139. The molecule has 0 radical (unpaired) electrons. The minimum Gasteiger partial charge on any atom is -0.496 e. The molecule has 4 saturated carbocycles. The maximum atomic E-state index is 12.6. The fraction of sp³-hybridized carbons (Fsp3) is 0.655. The van der Waals surface area contributed by atoms with Crippen LogP contribution in [0.3, 0.4) is 0 Å². The maximum absolute atomic E-state index is 12.6. The van der Waals surface area contributed by atoms with Crippen LogP contribution in [0.25, 0.3) is 5.76 Å². The number of amides is 1. The maximum Gasteiger partial charge on any atom is 0.377 e. The molecule has 5 fully saturated rings. The Morgan fingerprint density at radius 3 is 2.33 bits per heavy atom. The van der Waals surface area contributed by atoms with E-state index in [2.05, 4.69) is 5.32 Å². The highest BCUT2D eigenvalue weighted by Gasteiger charge is 2.57. The van der Waals surface area contributed by atoms with Crippen molar-refractivity contribution < 1.29 is 49.3 Å². The van der Waals surface area contributed by atoms with Gasteiger partial charge in [0.1, 0.15) is 29.8 Å². The molecule has 1 saturated heterocycles. The molecule has 6 N–H and O–H groups in total. The summed E-state index contributed by atoms with van der Waals surface area (Å²) in [6.45, 7) is 0.329. The Hall–Kier alpha value is -2.70. The van der Waals surface area contributed by atoms with Crippen molar-refractivity contribution in [2.45, 2.75) is 81.7 Å². The standard InChI is InChI=1S/C29H39NO10/c1-14(32)30-24-21(33)12-29(28(36)37,40-27(24)25(35)22(34)13-31)39-20-5-3-4-17(11-20)26(38-2)23-18-7-15-6-16(9-18)10-19(23)8-15/h3-5,11,15-16,18-19,21-22,24-25,27,31,33-35H,6-10,12-13H2,1-2H3,(H,30,32)(H,36,37). The van der Waals surface area contributed by atoms with Crippen molar-refractivity contribution in [1.82, 2.24) is 5.32 Å². The summed E-state index contributed by atoms with van der Waals surface area (Å²) < 4.78 is 17.6. The molecule has 6 rings (SSSR count). The lowest BCUT2D eigenvalue weighted by Crippen LogP contribution is -2.68. The van der Waals surface area contributed by atoms with Gasteiger partial charge in [0.05, 0.1) is 32.3 Å². The molecular formula is C29H39NO10. The lowest BCUT2D eigenvalue weighted by Gasteiger charge is -2.51. The van der Waals surface area contributed by atoms with E-state index in [9.17, 15) is 35.1 Å². The monoisotopic (exact) mass is 561 g/mol. The van der Waals surface area contributed by atoms with Crippen molar-refractivity contribution >= 4 is 17.6 Å². The first-order valence-electron chi connectivity index (χ1n) is 14.0. The summed E-state index contributed by atoms with van der Waals surface area (Å²) in [5.41, 5.74) is 2.06. The average molecular weight is 562 g/mol. The average Bonchev–Trinajstić information content (AvgIpc) is 2.90. The summed E-state index contributed by atoms with van der Waals surface area (Å²) in [6.07, 6.45) is -1.30. The zero-order valence-electron chi connectivity index (χ0n) is 22.7. The highest BCUT2D eigenvalue weighted by atomic mass is 16.7. The van der Waals surface area contributed by atoms with Crippen molar-refractivity contribution in [3.8, 4) is 5.75 Å². The van der Waals surface area contributed by atoms with Gasteiger partial charge in [-0.25, -0.2) is 4.79 Å². The van der Waals surface area contributed by atoms with Gasteiger partial charge in [-0.15, -0.1) is 0 Å². The van der Waals surface area contributed by atoms with Gasteiger partial charge in [-0.2, -0.15) is 0 Å². The van der Waals surface area contributed by atoms with Gasteiger partial charge >= 0.3 is 11.8 Å². The first kappa shape index (κ1) is 28.8. The van der Waals surface area contributed by atoms with Gasteiger partial charge in [-0.05, 0) is 73.5 Å². The molecule has 6 unspecified atom stereocenters. The van der Waals surface area contributed by atoms with Crippen molar-refractivity contribution in [1.29, 1.82) is 0 Å². The van der Waals surface area contributed by atoms with Gasteiger partial charge < -0.3 is 45.1 Å². The number of aliphatic hydroxyl groups is 4. The summed E-state index contributed by atoms with van der Waals surface area (Å²) >= 11 is 0. The normalized spacial score (nSPS) is 36.0. The number of nitrogens with one attached hydrogen (secondary N) is 1. The van der Waals surface area contributed by atoms with E-state index in [1.807, 2.05) is 6.07 Å². The first-order valence-corrected chi connectivity index (χ1v) is 14.0. The number of aliphatic hydroxyl groups excluding tert-OH is 4. The van der Waals surface area contributed by atoms with Crippen molar-refractivity contribution in [3.05, 3.63) is 35.4 Å². The van der Waals surface area contributed by atoms with E-state index in [1.54, 1.807) is 25.3 Å². The molecule has 0 spiro atoms. The molecule has 6 atom stereocenters. The smallest absolute Gasteiger partial charge is 0.377 e. The number of aliphatic carboxylic acids is 1. The Labute approximate surface area is 232 Å². The van der Waals surface area contributed by atoms with E-state index in [-0.39, 0.29) is 5.75 Å². The molecule has 220 valence electrons. The first-order chi connectivity index (χ1) is 19.0. The molecule has 4 bridgehead atoms. The zero-order valence-corrected chi connectivity index (χ0v) is 22.7. The molecule has 40 heavy (non-hydrogen) atoms. The summed E-state index contributed by atoms with van der Waals surface area (Å²) in [5.74, 6) is -1.18. The number of carboxylic acid groups (broad SMARTS) is 1. The zero-order chi connectivity index (χ0) is 28.8. The second-order valence-corrected chi connectivity index (χ2v) is 11.8. The predicted molar refractivity (Wildman–Crippen MR) is 141 cm³/mol. The van der Waals surface area contributed by atoms with Crippen LogP contribution in [0.15, 0.2) is 29.8 Å².